The molecule has 1 unspecified atom stereocenters. The first-order valence-electron chi connectivity index (χ1n) is 8.68. The van der Waals surface area contributed by atoms with Gasteiger partial charge in [0.1, 0.15) is 5.69 Å². The predicted molar refractivity (Wildman–Crippen MR) is 104 cm³/mol. The van der Waals surface area contributed by atoms with Crippen LogP contribution in [-0.2, 0) is 11.2 Å². The Morgan fingerprint density at radius 1 is 1.12 bits per heavy atom. The Morgan fingerprint density at radius 2 is 1.88 bits per heavy atom. The molecular formula is C20H19BrN4O. The number of benzene rings is 2. The maximum Gasteiger partial charge on any atom is 0.227 e. The molecule has 2 aromatic carbocycles. The average Bonchev–Trinajstić information content (AvgIpc) is 3.34. The van der Waals surface area contributed by atoms with Gasteiger partial charge in [-0.1, -0.05) is 63.6 Å². The van der Waals surface area contributed by atoms with E-state index < -0.39 is 0 Å². The largest absolute Gasteiger partial charge is 0.340 e. The highest BCUT2D eigenvalue weighted by atomic mass is 79.9. The zero-order valence-electron chi connectivity index (χ0n) is 14.3. The summed E-state index contributed by atoms with van der Waals surface area (Å²) in [6, 6.07) is 18.1. The average molecular weight is 411 g/mol. The topological polar surface area (TPSA) is 51.0 Å². The zero-order chi connectivity index (χ0) is 17.9. The van der Waals surface area contributed by atoms with Crippen molar-refractivity contribution in [2.75, 3.05) is 13.1 Å². The van der Waals surface area contributed by atoms with E-state index in [0.29, 0.717) is 13.0 Å². The lowest BCUT2D eigenvalue weighted by atomic mass is 10.1. The summed E-state index contributed by atoms with van der Waals surface area (Å²) in [5.74, 6) is 0.165. The van der Waals surface area contributed by atoms with Crippen LogP contribution in [0.4, 0.5) is 0 Å². The van der Waals surface area contributed by atoms with E-state index >= 15 is 0 Å². The molecule has 0 radical (unpaired) electrons. The molecule has 1 aliphatic heterocycles. The lowest BCUT2D eigenvalue weighted by Crippen LogP contribution is -2.30. The first-order valence-corrected chi connectivity index (χ1v) is 9.48. The van der Waals surface area contributed by atoms with Crippen LogP contribution >= 0.6 is 15.9 Å². The number of aromatic nitrogens is 3. The summed E-state index contributed by atoms with van der Waals surface area (Å²) in [4.78, 5) is 14.5. The fraction of sp³-hybridized carbons (Fsp3) is 0.250. The zero-order valence-corrected chi connectivity index (χ0v) is 15.8. The molecule has 0 spiro atoms. The predicted octanol–water partition coefficient (Wildman–Crippen LogP) is 3.72. The highest BCUT2D eigenvalue weighted by Crippen LogP contribution is 2.24. The molecule has 26 heavy (non-hydrogen) atoms. The number of carbonyl (C=O) groups excluding carboxylic acids is 1. The molecule has 1 saturated heterocycles. The van der Waals surface area contributed by atoms with Crippen molar-refractivity contribution in [2.24, 2.45) is 0 Å². The van der Waals surface area contributed by atoms with Crippen molar-refractivity contribution in [1.29, 1.82) is 0 Å². The standard InChI is InChI=1S/C20H19BrN4O/c21-17-8-6-15(7-9-17)12-20(26)24-11-10-18(13-24)25-14-19(22-23-25)16-4-2-1-3-5-16/h1-9,14,18H,10-13H2. The molecule has 1 aromatic heterocycles. The number of amides is 1. The lowest BCUT2D eigenvalue weighted by Gasteiger charge is -2.16. The van der Waals surface area contributed by atoms with Gasteiger partial charge in [0, 0.05) is 23.1 Å². The van der Waals surface area contributed by atoms with E-state index in [-0.39, 0.29) is 11.9 Å². The Morgan fingerprint density at radius 3 is 2.65 bits per heavy atom. The van der Waals surface area contributed by atoms with Crippen LogP contribution in [0.1, 0.15) is 18.0 Å². The number of nitrogens with zero attached hydrogens (tertiary/aromatic N) is 4. The van der Waals surface area contributed by atoms with Crippen molar-refractivity contribution in [3.05, 3.63) is 70.8 Å². The summed E-state index contributed by atoms with van der Waals surface area (Å²) in [5, 5.41) is 8.57. The molecule has 0 aliphatic carbocycles. The summed E-state index contributed by atoms with van der Waals surface area (Å²) in [6.45, 7) is 1.45. The number of rotatable bonds is 4. The SMILES string of the molecule is O=C(Cc1ccc(Br)cc1)N1CCC(n2cc(-c3ccccc3)nn2)C1. The molecule has 1 aliphatic rings. The van der Waals surface area contributed by atoms with Gasteiger partial charge in [-0.15, -0.1) is 5.10 Å². The smallest absolute Gasteiger partial charge is 0.227 e. The summed E-state index contributed by atoms with van der Waals surface area (Å²) in [6.07, 6.45) is 3.32. The summed E-state index contributed by atoms with van der Waals surface area (Å²) in [7, 11) is 0. The van der Waals surface area contributed by atoms with Gasteiger partial charge in [0.15, 0.2) is 0 Å². The van der Waals surface area contributed by atoms with Crippen LogP contribution < -0.4 is 0 Å². The fourth-order valence-electron chi connectivity index (χ4n) is 3.27. The van der Waals surface area contributed by atoms with Crippen LogP contribution in [0.25, 0.3) is 11.3 Å². The molecular weight excluding hydrogens is 392 g/mol. The van der Waals surface area contributed by atoms with Gasteiger partial charge in [-0.2, -0.15) is 0 Å². The van der Waals surface area contributed by atoms with E-state index in [1.807, 2.05) is 70.4 Å². The van der Waals surface area contributed by atoms with Crippen molar-refractivity contribution in [1.82, 2.24) is 19.9 Å². The Labute approximate surface area is 160 Å². The van der Waals surface area contributed by atoms with Gasteiger partial charge in [-0.05, 0) is 24.1 Å². The van der Waals surface area contributed by atoms with Crippen molar-refractivity contribution >= 4 is 21.8 Å². The molecule has 2 heterocycles. The van der Waals surface area contributed by atoms with E-state index in [9.17, 15) is 4.79 Å². The van der Waals surface area contributed by atoms with Crippen LogP contribution in [0, 0.1) is 0 Å². The van der Waals surface area contributed by atoms with Gasteiger partial charge in [-0.25, -0.2) is 4.68 Å². The van der Waals surface area contributed by atoms with Gasteiger partial charge < -0.3 is 4.90 Å². The van der Waals surface area contributed by atoms with Gasteiger partial charge in [0.2, 0.25) is 5.91 Å². The number of hydrogen-bond acceptors (Lipinski definition) is 3. The monoisotopic (exact) mass is 410 g/mol. The Kier molecular flexibility index (Phi) is 4.84. The molecule has 1 fully saturated rings. The minimum Gasteiger partial charge on any atom is -0.340 e. The molecule has 6 heteroatoms. The van der Waals surface area contributed by atoms with Crippen LogP contribution in [0.2, 0.25) is 0 Å². The molecule has 132 valence electrons. The van der Waals surface area contributed by atoms with Gasteiger partial charge >= 0.3 is 0 Å². The molecule has 1 atom stereocenters. The third-order valence-corrected chi connectivity index (χ3v) is 5.27. The van der Waals surface area contributed by atoms with Crippen molar-refractivity contribution in [3.63, 3.8) is 0 Å². The highest BCUT2D eigenvalue weighted by Gasteiger charge is 2.28. The summed E-state index contributed by atoms with van der Waals surface area (Å²) >= 11 is 3.42. The first kappa shape index (κ1) is 17.0. The minimum atomic E-state index is 0.165. The molecule has 4 rings (SSSR count). The normalized spacial score (nSPS) is 16.8. The molecule has 1 amide bonds. The maximum absolute atomic E-state index is 12.6. The molecule has 0 N–H and O–H groups in total. The second-order valence-electron chi connectivity index (χ2n) is 6.54. The van der Waals surface area contributed by atoms with Crippen molar-refractivity contribution in [3.8, 4) is 11.3 Å². The molecule has 3 aromatic rings. The van der Waals surface area contributed by atoms with Crippen LogP contribution in [0.15, 0.2) is 65.3 Å². The van der Waals surface area contributed by atoms with Gasteiger partial charge in [0.25, 0.3) is 0 Å². The molecule has 0 bridgehead atoms. The summed E-state index contributed by atoms with van der Waals surface area (Å²) in [5.41, 5.74) is 2.96. The van der Waals surface area contributed by atoms with Crippen molar-refractivity contribution in [2.45, 2.75) is 18.9 Å². The highest BCUT2D eigenvalue weighted by molar-refractivity contribution is 9.10. The second kappa shape index (κ2) is 7.41. The maximum atomic E-state index is 12.6. The quantitative estimate of drug-likeness (QED) is 0.658. The summed E-state index contributed by atoms with van der Waals surface area (Å²) < 4.78 is 2.92. The van der Waals surface area contributed by atoms with Gasteiger partial charge in [-0.3, -0.25) is 4.79 Å². The van der Waals surface area contributed by atoms with Crippen LogP contribution in [0.5, 0.6) is 0 Å². The van der Waals surface area contributed by atoms with Crippen molar-refractivity contribution < 1.29 is 4.79 Å². The first-order chi connectivity index (χ1) is 12.7. The minimum absolute atomic E-state index is 0.165. The fourth-order valence-corrected chi connectivity index (χ4v) is 3.53. The number of likely N-dealkylation sites (tertiary alicyclic amines) is 1. The molecule has 5 nitrogen and oxygen atoms in total. The third-order valence-electron chi connectivity index (χ3n) is 4.74. The number of hydrogen-bond donors (Lipinski definition) is 0. The van der Waals surface area contributed by atoms with E-state index in [1.54, 1.807) is 0 Å². The van der Waals surface area contributed by atoms with E-state index in [2.05, 4.69) is 26.2 Å². The van der Waals surface area contributed by atoms with Gasteiger partial charge in [0.05, 0.1) is 18.7 Å². The van der Waals surface area contributed by atoms with E-state index in [4.69, 9.17) is 0 Å². The second-order valence-corrected chi connectivity index (χ2v) is 7.45. The molecule has 0 saturated carbocycles. The Bertz CT molecular complexity index is 892. The number of carbonyl (C=O) groups is 1. The van der Waals surface area contributed by atoms with E-state index in [1.165, 1.54) is 0 Å². The Hall–Kier alpha value is -2.47. The Balaban J connectivity index is 1.40. The van der Waals surface area contributed by atoms with E-state index in [0.717, 1.165) is 34.3 Å². The van der Waals surface area contributed by atoms with Crippen LogP contribution in [-0.4, -0.2) is 38.9 Å². The lowest BCUT2D eigenvalue weighted by molar-refractivity contribution is -0.129. The third kappa shape index (κ3) is 3.70. The number of halogens is 1. The van der Waals surface area contributed by atoms with Crippen LogP contribution in [0.3, 0.4) is 0 Å².